The molecule has 0 bridgehead atoms. The summed E-state index contributed by atoms with van der Waals surface area (Å²) >= 11 is 0. The van der Waals surface area contributed by atoms with Crippen molar-refractivity contribution < 1.29 is 0 Å². The van der Waals surface area contributed by atoms with Crippen LogP contribution in [0.2, 0.25) is 0 Å². The summed E-state index contributed by atoms with van der Waals surface area (Å²) < 4.78 is 2.01. The molecule has 1 unspecified atom stereocenters. The van der Waals surface area contributed by atoms with Crippen molar-refractivity contribution >= 4 is 11.0 Å². The van der Waals surface area contributed by atoms with Crippen molar-refractivity contribution in [3.8, 4) is 0 Å². The third-order valence-electron chi connectivity index (χ3n) is 3.12. The van der Waals surface area contributed by atoms with Crippen molar-refractivity contribution in [2.45, 2.75) is 25.4 Å². The van der Waals surface area contributed by atoms with Crippen LogP contribution in [0, 0.1) is 0 Å². The van der Waals surface area contributed by atoms with Crippen molar-refractivity contribution in [2.75, 3.05) is 7.05 Å². The normalized spacial score (nSPS) is 14.2. The molecule has 4 heteroatoms. The second kappa shape index (κ2) is 4.13. The Morgan fingerprint density at radius 2 is 2.12 bits per heavy atom. The molecule has 0 saturated heterocycles. The fourth-order valence-corrected chi connectivity index (χ4v) is 2.30. The van der Waals surface area contributed by atoms with Gasteiger partial charge in [0.25, 0.3) is 0 Å². The largest absolute Gasteiger partial charge is 0.334 e. The van der Waals surface area contributed by atoms with Crippen LogP contribution in [-0.2, 0) is 7.05 Å². The number of rotatable bonds is 3. The first-order valence-corrected chi connectivity index (χ1v) is 5.80. The Kier molecular flexibility index (Phi) is 2.93. The highest BCUT2D eigenvalue weighted by Crippen LogP contribution is 2.25. The van der Waals surface area contributed by atoms with Crippen molar-refractivity contribution in [1.29, 1.82) is 0 Å². The van der Waals surface area contributed by atoms with E-state index in [1.807, 2.05) is 38.8 Å². The molecule has 0 radical (unpaired) electrons. The molecule has 1 atom stereocenters. The van der Waals surface area contributed by atoms with Gasteiger partial charge in [0.2, 0.25) is 0 Å². The predicted octanol–water partition coefficient (Wildman–Crippen LogP) is 1.57. The first-order chi connectivity index (χ1) is 7.93. The van der Waals surface area contributed by atoms with E-state index in [4.69, 9.17) is 5.73 Å². The van der Waals surface area contributed by atoms with Gasteiger partial charge in [-0.2, -0.15) is 0 Å². The number of likely N-dealkylation sites (N-methyl/N-ethyl adjacent to an activating group) is 1. The number of fused-ring (bicyclic) bond motifs is 1. The number of imidazole rings is 1. The summed E-state index contributed by atoms with van der Waals surface area (Å²) in [7, 11) is 3.93. The van der Waals surface area contributed by atoms with E-state index in [9.17, 15) is 0 Å². The first kappa shape index (κ1) is 12.1. The fraction of sp³-hybridized carbons (Fsp3) is 0.462. The summed E-state index contributed by atoms with van der Waals surface area (Å²) in [5.74, 6) is 0. The van der Waals surface area contributed by atoms with E-state index < -0.39 is 0 Å². The predicted molar refractivity (Wildman–Crippen MR) is 70.8 cm³/mol. The Labute approximate surface area is 102 Å². The molecule has 2 aromatic rings. The number of aryl methyl sites for hydroxylation is 1. The fourth-order valence-electron chi connectivity index (χ4n) is 2.30. The van der Waals surface area contributed by atoms with Gasteiger partial charge in [0, 0.05) is 18.6 Å². The summed E-state index contributed by atoms with van der Waals surface area (Å²) in [6.45, 7) is 4.05. The Morgan fingerprint density at radius 3 is 2.71 bits per heavy atom. The number of nitrogens with two attached hydrogens (primary N) is 1. The standard InChI is InChI=1S/C13H20N4/c1-13(2,14)12(15-3)9-5-6-11-10(7-9)16-8-17(11)4/h5-8,12,15H,14H2,1-4H3. The summed E-state index contributed by atoms with van der Waals surface area (Å²) in [5, 5.41) is 3.27. The number of benzene rings is 1. The third kappa shape index (κ3) is 2.18. The smallest absolute Gasteiger partial charge is 0.0955 e. The lowest BCUT2D eigenvalue weighted by molar-refractivity contribution is 0.370. The van der Waals surface area contributed by atoms with E-state index in [0.717, 1.165) is 11.0 Å². The molecule has 0 saturated carbocycles. The zero-order valence-electron chi connectivity index (χ0n) is 10.9. The summed E-state index contributed by atoms with van der Waals surface area (Å²) in [4.78, 5) is 4.37. The van der Waals surface area contributed by atoms with E-state index in [1.54, 1.807) is 0 Å². The quantitative estimate of drug-likeness (QED) is 0.844. The van der Waals surface area contributed by atoms with Gasteiger partial charge >= 0.3 is 0 Å². The highest BCUT2D eigenvalue weighted by atomic mass is 15.0. The minimum Gasteiger partial charge on any atom is -0.334 e. The molecule has 2 rings (SSSR count). The lowest BCUT2D eigenvalue weighted by Crippen LogP contribution is -2.45. The number of hydrogen-bond donors (Lipinski definition) is 2. The highest BCUT2D eigenvalue weighted by Gasteiger charge is 2.25. The monoisotopic (exact) mass is 232 g/mol. The molecular formula is C13H20N4. The molecule has 4 nitrogen and oxygen atoms in total. The van der Waals surface area contributed by atoms with Gasteiger partial charge in [-0.25, -0.2) is 4.98 Å². The highest BCUT2D eigenvalue weighted by molar-refractivity contribution is 5.76. The van der Waals surface area contributed by atoms with Crippen molar-refractivity contribution in [1.82, 2.24) is 14.9 Å². The van der Waals surface area contributed by atoms with Crippen LogP contribution in [0.25, 0.3) is 11.0 Å². The second-order valence-electron chi connectivity index (χ2n) is 5.15. The van der Waals surface area contributed by atoms with E-state index >= 15 is 0 Å². The molecular weight excluding hydrogens is 212 g/mol. The minimum absolute atomic E-state index is 0.119. The van der Waals surface area contributed by atoms with E-state index in [-0.39, 0.29) is 11.6 Å². The molecule has 0 aliphatic heterocycles. The molecule has 1 heterocycles. The maximum Gasteiger partial charge on any atom is 0.0955 e. The molecule has 1 aromatic carbocycles. The molecule has 92 valence electrons. The van der Waals surface area contributed by atoms with Crippen LogP contribution in [0.1, 0.15) is 25.5 Å². The van der Waals surface area contributed by atoms with Gasteiger partial charge in [0.1, 0.15) is 0 Å². The Hall–Kier alpha value is -1.39. The van der Waals surface area contributed by atoms with Crippen LogP contribution in [0.15, 0.2) is 24.5 Å². The number of nitrogens with zero attached hydrogens (tertiary/aromatic N) is 2. The number of aromatic nitrogens is 2. The maximum atomic E-state index is 6.18. The van der Waals surface area contributed by atoms with Gasteiger partial charge in [-0.1, -0.05) is 6.07 Å². The van der Waals surface area contributed by atoms with Crippen LogP contribution in [0.3, 0.4) is 0 Å². The topological polar surface area (TPSA) is 55.9 Å². The van der Waals surface area contributed by atoms with E-state index in [2.05, 4.69) is 28.5 Å². The first-order valence-electron chi connectivity index (χ1n) is 5.80. The second-order valence-corrected chi connectivity index (χ2v) is 5.15. The van der Waals surface area contributed by atoms with Gasteiger partial charge in [0.15, 0.2) is 0 Å². The average Bonchev–Trinajstić information content (AvgIpc) is 2.59. The molecule has 0 spiro atoms. The van der Waals surface area contributed by atoms with Gasteiger partial charge < -0.3 is 15.6 Å². The Balaban J connectivity index is 2.48. The van der Waals surface area contributed by atoms with Gasteiger partial charge in [0.05, 0.1) is 17.4 Å². The van der Waals surface area contributed by atoms with Gasteiger partial charge in [-0.15, -0.1) is 0 Å². The zero-order chi connectivity index (χ0) is 12.6. The molecule has 0 amide bonds. The van der Waals surface area contributed by atoms with Crippen LogP contribution in [-0.4, -0.2) is 22.1 Å². The molecule has 1 aromatic heterocycles. The number of hydrogen-bond acceptors (Lipinski definition) is 3. The molecule has 17 heavy (non-hydrogen) atoms. The maximum absolute atomic E-state index is 6.18. The van der Waals surface area contributed by atoms with E-state index in [0.29, 0.717) is 0 Å². The Bertz CT molecular complexity index is 522. The lowest BCUT2D eigenvalue weighted by Gasteiger charge is -2.30. The summed E-state index contributed by atoms with van der Waals surface area (Å²) in [6, 6.07) is 6.42. The van der Waals surface area contributed by atoms with Crippen molar-refractivity contribution in [2.24, 2.45) is 12.8 Å². The minimum atomic E-state index is -0.308. The molecule has 0 aliphatic carbocycles. The van der Waals surface area contributed by atoms with Crippen LogP contribution in [0.4, 0.5) is 0 Å². The molecule has 3 N–H and O–H groups in total. The lowest BCUT2D eigenvalue weighted by atomic mass is 9.89. The summed E-state index contributed by atoms with van der Waals surface area (Å²) in [5.41, 5.74) is 9.19. The Morgan fingerprint density at radius 1 is 1.41 bits per heavy atom. The summed E-state index contributed by atoms with van der Waals surface area (Å²) in [6.07, 6.45) is 1.83. The zero-order valence-corrected chi connectivity index (χ0v) is 10.9. The number of nitrogens with one attached hydrogen (secondary N) is 1. The molecule has 0 fully saturated rings. The van der Waals surface area contributed by atoms with Crippen molar-refractivity contribution in [3.05, 3.63) is 30.1 Å². The van der Waals surface area contributed by atoms with Crippen LogP contribution < -0.4 is 11.1 Å². The van der Waals surface area contributed by atoms with Crippen LogP contribution >= 0.6 is 0 Å². The SMILES string of the molecule is CNC(c1ccc2c(c1)ncn2C)C(C)(C)N. The van der Waals surface area contributed by atoms with Crippen LogP contribution in [0.5, 0.6) is 0 Å². The van der Waals surface area contributed by atoms with Gasteiger partial charge in [-0.3, -0.25) is 0 Å². The molecule has 0 aliphatic rings. The van der Waals surface area contributed by atoms with Crippen molar-refractivity contribution in [3.63, 3.8) is 0 Å². The van der Waals surface area contributed by atoms with E-state index in [1.165, 1.54) is 5.56 Å². The third-order valence-corrected chi connectivity index (χ3v) is 3.12. The average molecular weight is 232 g/mol. The van der Waals surface area contributed by atoms with Gasteiger partial charge in [-0.05, 0) is 38.6 Å².